The maximum Gasteiger partial charge on any atom is 0.196 e. The molecule has 0 aliphatic carbocycles. The van der Waals surface area contributed by atoms with Gasteiger partial charge in [0.05, 0.1) is 12.3 Å². The number of ketones is 1. The molecular weight excluding hydrogens is 428 g/mol. The van der Waals surface area contributed by atoms with Crippen molar-refractivity contribution in [1.29, 1.82) is 0 Å². The van der Waals surface area contributed by atoms with E-state index < -0.39 is 0 Å². The molecule has 7 heteroatoms. The SMILES string of the molecule is Cc1ccc(NCc2nnc(SCC(=O)c3ccccc3)n2-c2ccc(Cl)cc2)cc1. The Morgan fingerprint density at radius 2 is 1.68 bits per heavy atom. The van der Waals surface area contributed by atoms with Gasteiger partial charge >= 0.3 is 0 Å². The summed E-state index contributed by atoms with van der Waals surface area (Å²) in [6.45, 7) is 2.55. The van der Waals surface area contributed by atoms with Gasteiger partial charge in [-0.25, -0.2) is 0 Å². The third-order valence-corrected chi connectivity index (χ3v) is 5.90. The number of thioether (sulfide) groups is 1. The number of nitrogens with zero attached hydrogens (tertiary/aromatic N) is 3. The van der Waals surface area contributed by atoms with Crippen LogP contribution in [0, 0.1) is 6.92 Å². The zero-order valence-electron chi connectivity index (χ0n) is 17.0. The Morgan fingerprint density at radius 3 is 2.39 bits per heavy atom. The van der Waals surface area contributed by atoms with Crippen molar-refractivity contribution in [3.63, 3.8) is 0 Å². The van der Waals surface area contributed by atoms with Crippen LogP contribution in [0.25, 0.3) is 5.69 Å². The van der Waals surface area contributed by atoms with Crippen LogP contribution in [0.15, 0.2) is 84.0 Å². The first-order chi connectivity index (χ1) is 15.1. The molecule has 31 heavy (non-hydrogen) atoms. The van der Waals surface area contributed by atoms with Crippen molar-refractivity contribution in [2.45, 2.75) is 18.6 Å². The first-order valence-electron chi connectivity index (χ1n) is 9.82. The van der Waals surface area contributed by atoms with E-state index in [0.717, 1.165) is 17.2 Å². The molecule has 0 radical (unpaired) electrons. The molecule has 0 unspecified atom stereocenters. The smallest absolute Gasteiger partial charge is 0.196 e. The Kier molecular flexibility index (Phi) is 6.70. The van der Waals surface area contributed by atoms with Gasteiger partial charge in [0.15, 0.2) is 16.8 Å². The average Bonchev–Trinajstić information content (AvgIpc) is 3.21. The second kappa shape index (κ2) is 9.81. The quantitative estimate of drug-likeness (QED) is 0.272. The highest BCUT2D eigenvalue weighted by molar-refractivity contribution is 7.99. The summed E-state index contributed by atoms with van der Waals surface area (Å²) in [4.78, 5) is 12.5. The number of nitrogens with one attached hydrogen (secondary N) is 1. The lowest BCUT2D eigenvalue weighted by atomic mass is 10.2. The Hall–Kier alpha value is -3.09. The Morgan fingerprint density at radius 1 is 0.968 bits per heavy atom. The normalized spacial score (nSPS) is 10.8. The Bertz CT molecular complexity index is 1160. The number of hydrogen-bond acceptors (Lipinski definition) is 5. The predicted octanol–water partition coefficient (Wildman–Crippen LogP) is 5.82. The van der Waals surface area contributed by atoms with Crippen molar-refractivity contribution in [2.75, 3.05) is 11.1 Å². The Labute approximate surface area is 190 Å². The van der Waals surface area contributed by atoms with Gasteiger partial charge in [-0.2, -0.15) is 0 Å². The van der Waals surface area contributed by atoms with Crippen LogP contribution in [0.3, 0.4) is 0 Å². The van der Waals surface area contributed by atoms with Gasteiger partial charge in [0, 0.05) is 22.0 Å². The van der Waals surface area contributed by atoms with Crippen molar-refractivity contribution < 1.29 is 4.79 Å². The van der Waals surface area contributed by atoms with E-state index in [1.54, 1.807) is 0 Å². The van der Waals surface area contributed by atoms with Gasteiger partial charge in [-0.05, 0) is 43.3 Å². The first kappa shape index (κ1) is 21.2. The highest BCUT2D eigenvalue weighted by atomic mass is 35.5. The number of anilines is 1. The van der Waals surface area contributed by atoms with Crippen LogP contribution in [0.1, 0.15) is 21.7 Å². The van der Waals surface area contributed by atoms with Gasteiger partial charge in [0.25, 0.3) is 0 Å². The van der Waals surface area contributed by atoms with Crippen LogP contribution < -0.4 is 5.32 Å². The number of rotatable bonds is 8. The van der Waals surface area contributed by atoms with Crippen molar-refractivity contribution >= 4 is 34.8 Å². The molecular formula is C24H21ClN4OS. The summed E-state index contributed by atoms with van der Waals surface area (Å²) < 4.78 is 1.96. The lowest BCUT2D eigenvalue weighted by Crippen LogP contribution is -2.09. The lowest BCUT2D eigenvalue weighted by Gasteiger charge is -2.12. The number of Topliss-reactive ketones (excluding diaryl/α,β-unsaturated/α-hetero) is 1. The average molecular weight is 449 g/mol. The van der Waals surface area contributed by atoms with E-state index in [9.17, 15) is 4.79 Å². The Balaban J connectivity index is 1.56. The van der Waals surface area contributed by atoms with Gasteiger partial charge < -0.3 is 5.32 Å². The summed E-state index contributed by atoms with van der Waals surface area (Å²) in [6, 6.07) is 25.0. The van der Waals surface area contributed by atoms with E-state index in [0.29, 0.717) is 22.3 Å². The summed E-state index contributed by atoms with van der Waals surface area (Å²) >= 11 is 7.45. The summed E-state index contributed by atoms with van der Waals surface area (Å²) in [5.74, 6) is 1.08. The van der Waals surface area contributed by atoms with Crippen LogP contribution in [0.4, 0.5) is 5.69 Å². The molecule has 3 aromatic carbocycles. The summed E-state index contributed by atoms with van der Waals surface area (Å²) in [5, 5.41) is 13.4. The molecule has 0 bridgehead atoms. The third-order valence-electron chi connectivity index (χ3n) is 4.72. The summed E-state index contributed by atoms with van der Waals surface area (Å²) in [5.41, 5.74) is 3.79. The van der Waals surface area contributed by atoms with Crippen molar-refractivity contribution in [3.8, 4) is 5.69 Å². The van der Waals surface area contributed by atoms with E-state index >= 15 is 0 Å². The highest BCUT2D eigenvalue weighted by Crippen LogP contribution is 2.25. The monoisotopic (exact) mass is 448 g/mol. The summed E-state index contributed by atoms with van der Waals surface area (Å²) in [6.07, 6.45) is 0. The molecule has 0 fully saturated rings. The van der Waals surface area contributed by atoms with Gasteiger partial charge in [-0.1, -0.05) is 71.4 Å². The van der Waals surface area contributed by atoms with Crippen LogP contribution >= 0.6 is 23.4 Å². The second-order valence-electron chi connectivity index (χ2n) is 7.01. The van der Waals surface area contributed by atoms with E-state index in [1.807, 2.05) is 71.3 Å². The van der Waals surface area contributed by atoms with E-state index in [1.165, 1.54) is 17.3 Å². The molecule has 1 heterocycles. The summed E-state index contributed by atoms with van der Waals surface area (Å²) in [7, 11) is 0. The molecule has 1 aromatic heterocycles. The second-order valence-corrected chi connectivity index (χ2v) is 8.39. The molecule has 156 valence electrons. The van der Waals surface area contributed by atoms with Gasteiger partial charge in [-0.15, -0.1) is 10.2 Å². The van der Waals surface area contributed by atoms with Crippen molar-refractivity contribution in [1.82, 2.24) is 14.8 Å². The molecule has 0 aliphatic rings. The van der Waals surface area contributed by atoms with E-state index in [2.05, 4.69) is 34.6 Å². The number of hydrogen-bond donors (Lipinski definition) is 1. The van der Waals surface area contributed by atoms with Crippen molar-refractivity contribution in [3.05, 3.63) is 101 Å². The molecule has 0 aliphatic heterocycles. The molecule has 1 N–H and O–H groups in total. The molecule has 0 saturated heterocycles. The zero-order valence-corrected chi connectivity index (χ0v) is 18.5. The number of aryl methyl sites for hydroxylation is 1. The molecule has 0 spiro atoms. The first-order valence-corrected chi connectivity index (χ1v) is 11.2. The lowest BCUT2D eigenvalue weighted by molar-refractivity contribution is 0.102. The zero-order chi connectivity index (χ0) is 21.6. The van der Waals surface area contributed by atoms with E-state index in [-0.39, 0.29) is 11.5 Å². The minimum Gasteiger partial charge on any atom is -0.378 e. The standard InChI is InChI=1S/C24H21ClN4OS/c1-17-7-11-20(12-8-17)26-15-23-27-28-24(29(23)21-13-9-19(25)10-14-21)31-16-22(30)18-5-3-2-4-6-18/h2-14,26H,15-16H2,1H3. The molecule has 0 saturated carbocycles. The predicted molar refractivity (Wildman–Crippen MR) is 126 cm³/mol. The van der Waals surface area contributed by atoms with Crippen LogP contribution in [0.2, 0.25) is 5.02 Å². The minimum absolute atomic E-state index is 0.0515. The molecule has 4 aromatic rings. The number of carbonyl (C=O) groups excluding carboxylic acids is 1. The largest absolute Gasteiger partial charge is 0.378 e. The number of aromatic nitrogens is 3. The fraction of sp³-hybridized carbons (Fsp3) is 0.125. The third kappa shape index (κ3) is 5.34. The fourth-order valence-corrected chi connectivity index (χ4v) is 4.04. The molecule has 5 nitrogen and oxygen atoms in total. The molecule has 0 atom stereocenters. The van der Waals surface area contributed by atoms with E-state index in [4.69, 9.17) is 11.6 Å². The van der Waals surface area contributed by atoms with Gasteiger partial charge in [0.1, 0.15) is 0 Å². The van der Waals surface area contributed by atoms with Crippen molar-refractivity contribution in [2.24, 2.45) is 0 Å². The highest BCUT2D eigenvalue weighted by Gasteiger charge is 2.16. The maximum absolute atomic E-state index is 12.5. The minimum atomic E-state index is 0.0515. The van der Waals surface area contributed by atoms with Crippen LogP contribution in [0.5, 0.6) is 0 Å². The van der Waals surface area contributed by atoms with Gasteiger partial charge in [-0.3, -0.25) is 9.36 Å². The van der Waals surface area contributed by atoms with Crippen LogP contribution in [-0.4, -0.2) is 26.3 Å². The van der Waals surface area contributed by atoms with Gasteiger partial charge in [0.2, 0.25) is 0 Å². The van der Waals surface area contributed by atoms with Crippen LogP contribution in [-0.2, 0) is 6.54 Å². The molecule has 4 rings (SSSR count). The fourth-order valence-electron chi connectivity index (χ4n) is 3.05. The topological polar surface area (TPSA) is 59.8 Å². The molecule has 0 amide bonds. The number of carbonyl (C=O) groups is 1. The number of halogens is 1. The number of benzene rings is 3. The maximum atomic E-state index is 12.5.